The summed E-state index contributed by atoms with van der Waals surface area (Å²) in [5, 5.41) is 1.16. The van der Waals surface area contributed by atoms with Gasteiger partial charge >= 0.3 is 0 Å². The van der Waals surface area contributed by atoms with E-state index in [9.17, 15) is 0 Å². The number of hydrogen-bond donors (Lipinski definition) is 2. The van der Waals surface area contributed by atoms with Crippen molar-refractivity contribution in [2.45, 2.75) is 158 Å². The molecule has 0 radical (unpaired) electrons. The second-order valence-electron chi connectivity index (χ2n) is 15.0. The van der Waals surface area contributed by atoms with E-state index in [4.69, 9.17) is 14.7 Å². The molecular weight excluding hydrogens is 637 g/mol. The van der Waals surface area contributed by atoms with Crippen LogP contribution in [0.4, 0.5) is 0 Å². The van der Waals surface area contributed by atoms with E-state index in [1.807, 2.05) is 0 Å². The van der Waals surface area contributed by atoms with Crippen LogP contribution in [-0.4, -0.2) is 26.5 Å². The fourth-order valence-electron chi connectivity index (χ4n) is 9.56. The molecule has 5 nitrogen and oxygen atoms in total. The minimum absolute atomic E-state index is 0.0226. The number of aromatic nitrogens is 4. The maximum atomic E-state index is 6.65. The number of nitrogens with zero attached hydrogens (tertiary/aromatic N) is 2. The van der Waals surface area contributed by atoms with Gasteiger partial charge in [-0.3, -0.25) is 4.98 Å². The van der Waals surface area contributed by atoms with Gasteiger partial charge in [-0.1, -0.05) is 93.7 Å². The summed E-state index contributed by atoms with van der Waals surface area (Å²) < 4.78 is 6.65. The van der Waals surface area contributed by atoms with Crippen LogP contribution in [0.3, 0.4) is 0 Å². The number of ether oxygens (including phenoxy) is 1. The van der Waals surface area contributed by atoms with Crippen LogP contribution >= 0.6 is 0 Å². The van der Waals surface area contributed by atoms with Crippen molar-refractivity contribution in [2.24, 2.45) is 0 Å². The predicted octanol–water partition coefficient (Wildman–Crippen LogP) is 13.2. The number of benzene rings is 1. The largest absolute Gasteiger partial charge is 0.374 e. The maximum Gasteiger partial charge on any atom is 0.0800 e. The number of fused-ring (bicyclic) bond motifs is 8. The average molecular weight is 701 g/mol. The molecule has 0 spiro atoms. The van der Waals surface area contributed by atoms with Gasteiger partial charge in [0.25, 0.3) is 0 Å². The van der Waals surface area contributed by atoms with Crippen molar-refractivity contribution in [2.75, 3.05) is 6.61 Å². The summed E-state index contributed by atoms with van der Waals surface area (Å²) in [6.07, 6.45) is 12.5. The molecule has 1 unspecified atom stereocenters. The smallest absolute Gasteiger partial charge is 0.0800 e. The molecule has 1 aromatic carbocycles. The number of H-pyrrole nitrogens is 2. The lowest BCUT2D eigenvalue weighted by atomic mass is 9.71. The molecule has 2 aliphatic rings. The Kier molecular flexibility index (Phi) is 11.8. The quantitative estimate of drug-likeness (QED) is 0.121. The first kappa shape index (κ1) is 38.0. The van der Waals surface area contributed by atoms with E-state index in [-0.39, 0.29) is 11.5 Å². The molecule has 5 heterocycles. The second kappa shape index (κ2) is 16.1. The van der Waals surface area contributed by atoms with Crippen LogP contribution in [0.25, 0.3) is 44.1 Å². The molecule has 278 valence electrons. The molecule has 6 rings (SSSR count). The maximum absolute atomic E-state index is 6.65. The fraction of sp³-hybridized carbons (Fsp3) is 0.532. The second-order valence-corrected chi connectivity index (χ2v) is 15.0. The van der Waals surface area contributed by atoms with Crippen LogP contribution in [0.2, 0.25) is 0 Å². The molecule has 5 heteroatoms. The lowest BCUT2D eigenvalue weighted by molar-refractivity contribution is 0.0617. The zero-order valence-corrected chi connectivity index (χ0v) is 34.0. The molecule has 8 bridgehead atoms. The molecule has 2 aliphatic heterocycles. The van der Waals surface area contributed by atoms with E-state index in [1.54, 1.807) is 0 Å². The highest BCUT2D eigenvalue weighted by Gasteiger charge is 2.41. The van der Waals surface area contributed by atoms with Crippen molar-refractivity contribution < 1.29 is 4.74 Å². The van der Waals surface area contributed by atoms with Gasteiger partial charge in [0, 0.05) is 39.5 Å². The standard InChI is InChI=1S/C47H64N4O/c1-11-20-21-22-25-52-29(10)36-23-24-37-45-35(17-7)34(16-6)41(50-45)27-40-31(13-3)30(12-2)38(48-40)26-39-32(14-4)33(15-5)42(49-39)28-43-47(18-8,19-9)44(36)46(37)51-43/h23-24,26-29,48-49H,11-22,25H2,1-10H3. The third kappa shape index (κ3) is 6.35. The van der Waals surface area contributed by atoms with Crippen molar-refractivity contribution in [3.05, 3.63) is 80.8 Å². The zero-order valence-electron chi connectivity index (χ0n) is 34.0. The average Bonchev–Trinajstić information content (AvgIpc) is 3.88. The molecule has 1 atom stereocenters. The molecule has 0 saturated heterocycles. The number of unbranched alkanes of at least 4 members (excludes halogenated alkanes) is 3. The van der Waals surface area contributed by atoms with E-state index < -0.39 is 0 Å². The number of aromatic amines is 2. The molecule has 3 aromatic heterocycles. The Labute approximate surface area is 313 Å². The number of allylic oxidation sites excluding steroid dienone is 2. The SMILES string of the molecule is CCCCCCOC(C)c1ccc2c3nc(cc4[nH]c(cc5[nH]c(cc6nc2c1C6(CC)CC)c(CC)c5CC)c(CC)c4CC)C(CC)=C3CC. The summed E-state index contributed by atoms with van der Waals surface area (Å²) in [4.78, 5) is 19.2. The topological polar surface area (TPSA) is 66.6 Å². The summed E-state index contributed by atoms with van der Waals surface area (Å²) in [6, 6.07) is 11.8. The molecular formula is C47H64N4O. The lowest BCUT2D eigenvalue weighted by Gasteiger charge is -2.31. The van der Waals surface area contributed by atoms with Crippen LogP contribution in [0.15, 0.2) is 30.3 Å². The highest BCUT2D eigenvalue weighted by Crippen LogP contribution is 2.50. The Hall–Kier alpha value is -3.70. The van der Waals surface area contributed by atoms with Gasteiger partial charge in [-0.05, 0) is 127 Å². The van der Waals surface area contributed by atoms with Gasteiger partial charge in [-0.25, -0.2) is 4.98 Å². The Morgan fingerprint density at radius 2 is 1.21 bits per heavy atom. The van der Waals surface area contributed by atoms with Crippen molar-refractivity contribution >= 4 is 44.1 Å². The molecule has 2 N–H and O–H groups in total. The van der Waals surface area contributed by atoms with Crippen molar-refractivity contribution in [1.82, 2.24) is 19.9 Å². The van der Waals surface area contributed by atoms with Crippen molar-refractivity contribution in [3.8, 4) is 0 Å². The summed E-state index contributed by atoms with van der Waals surface area (Å²) >= 11 is 0. The van der Waals surface area contributed by atoms with Gasteiger partial charge in [-0.2, -0.15) is 0 Å². The molecule has 52 heavy (non-hydrogen) atoms. The molecule has 0 saturated carbocycles. The van der Waals surface area contributed by atoms with Crippen LogP contribution in [0, 0.1) is 0 Å². The van der Waals surface area contributed by atoms with Crippen LogP contribution in [0.1, 0.15) is 177 Å². The van der Waals surface area contributed by atoms with Crippen LogP contribution < -0.4 is 0 Å². The number of aryl methyl sites for hydroxylation is 4. The van der Waals surface area contributed by atoms with E-state index in [0.717, 1.165) is 92.4 Å². The fourth-order valence-corrected chi connectivity index (χ4v) is 9.56. The highest BCUT2D eigenvalue weighted by molar-refractivity contribution is 6.02. The van der Waals surface area contributed by atoms with Crippen LogP contribution in [-0.2, 0) is 35.8 Å². The minimum atomic E-state index is -0.234. The van der Waals surface area contributed by atoms with Gasteiger partial charge in [-0.15, -0.1) is 0 Å². The van der Waals surface area contributed by atoms with Crippen LogP contribution in [0.5, 0.6) is 0 Å². The highest BCUT2D eigenvalue weighted by atomic mass is 16.5. The molecule has 0 amide bonds. The zero-order chi connectivity index (χ0) is 37.2. The third-order valence-corrected chi connectivity index (χ3v) is 12.4. The predicted molar refractivity (Wildman–Crippen MR) is 223 cm³/mol. The van der Waals surface area contributed by atoms with E-state index in [0.29, 0.717) is 0 Å². The van der Waals surface area contributed by atoms with E-state index in [1.165, 1.54) is 85.9 Å². The Bertz CT molecular complexity index is 2120. The van der Waals surface area contributed by atoms with Gasteiger partial charge in [0.15, 0.2) is 0 Å². The number of nitrogens with one attached hydrogen (secondary N) is 2. The Balaban J connectivity index is 1.79. The number of rotatable bonds is 15. The van der Waals surface area contributed by atoms with Gasteiger partial charge in [0.1, 0.15) is 0 Å². The normalized spacial score (nSPS) is 14.7. The Morgan fingerprint density at radius 1 is 0.635 bits per heavy atom. The first-order valence-corrected chi connectivity index (χ1v) is 20.9. The number of hydrogen-bond acceptors (Lipinski definition) is 3. The molecule has 0 fully saturated rings. The first-order chi connectivity index (χ1) is 25.3. The lowest BCUT2D eigenvalue weighted by Crippen LogP contribution is -2.26. The first-order valence-electron chi connectivity index (χ1n) is 20.9. The van der Waals surface area contributed by atoms with Gasteiger partial charge < -0.3 is 14.7 Å². The summed E-state index contributed by atoms with van der Waals surface area (Å²) in [7, 11) is 0. The van der Waals surface area contributed by atoms with Gasteiger partial charge in [0.2, 0.25) is 0 Å². The molecule has 0 aliphatic carbocycles. The molecule has 4 aromatic rings. The van der Waals surface area contributed by atoms with Crippen molar-refractivity contribution in [3.63, 3.8) is 0 Å². The summed E-state index contributed by atoms with van der Waals surface area (Å²) in [6.45, 7) is 23.7. The summed E-state index contributed by atoms with van der Waals surface area (Å²) in [5.74, 6) is 0. The van der Waals surface area contributed by atoms with Gasteiger partial charge in [0.05, 0.1) is 28.7 Å². The monoisotopic (exact) mass is 701 g/mol. The van der Waals surface area contributed by atoms with E-state index >= 15 is 0 Å². The minimum Gasteiger partial charge on any atom is -0.374 e. The van der Waals surface area contributed by atoms with E-state index in [2.05, 4.69) is 110 Å². The van der Waals surface area contributed by atoms with Crippen molar-refractivity contribution in [1.29, 1.82) is 0 Å². The Morgan fingerprint density at radius 3 is 1.75 bits per heavy atom. The summed E-state index contributed by atoms with van der Waals surface area (Å²) in [5.41, 5.74) is 19.9. The third-order valence-electron chi connectivity index (χ3n) is 12.4.